The minimum Gasteiger partial charge on any atom is -1.00 e. The Bertz CT molecular complexity index is 1300. The van der Waals surface area contributed by atoms with E-state index < -0.39 is 8.07 Å². The van der Waals surface area contributed by atoms with E-state index in [0.29, 0.717) is 3.63 Å². The van der Waals surface area contributed by atoms with E-state index in [9.17, 15) is 0 Å². The van der Waals surface area contributed by atoms with E-state index in [1.807, 2.05) is 11.3 Å². The minimum atomic E-state index is -0.995. The number of allylic oxidation sites excluding steroid dienone is 2. The molecular weight excluding hydrogens is 583 g/mol. The van der Waals surface area contributed by atoms with Crippen molar-refractivity contribution in [3.63, 3.8) is 0 Å². The number of thiophene rings is 1. The van der Waals surface area contributed by atoms with Crippen LogP contribution in [0.2, 0.25) is 13.1 Å². The Morgan fingerprint density at radius 3 is 2.23 bits per heavy atom. The molecule has 2 aromatic carbocycles. The first-order valence-electron chi connectivity index (χ1n) is 12.2. The van der Waals surface area contributed by atoms with E-state index in [2.05, 4.69) is 95.4 Å². The third-order valence-electron chi connectivity index (χ3n) is 7.70. The normalized spacial score (nSPS) is 19.9. The van der Waals surface area contributed by atoms with Crippen molar-refractivity contribution < 1.29 is 49.5 Å². The Morgan fingerprint density at radius 2 is 1.63 bits per heavy atom. The second-order valence-corrected chi connectivity index (χ2v) is 17.6. The van der Waals surface area contributed by atoms with Gasteiger partial charge in [0.2, 0.25) is 0 Å². The van der Waals surface area contributed by atoms with E-state index in [1.165, 1.54) is 51.1 Å². The van der Waals surface area contributed by atoms with Crippen molar-refractivity contribution in [3.05, 3.63) is 91.7 Å². The van der Waals surface area contributed by atoms with Crippen LogP contribution in [-0.4, -0.2) is 8.07 Å². The molecule has 0 fully saturated rings. The number of fused-ring (bicyclic) bond motifs is 1. The molecule has 0 nitrogen and oxygen atoms in total. The molecular formula is C30H33Cl2SSiZr. The van der Waals surface area contributed by atoms with Gasteiger partial charge in [-0.15, -0.1) is 11.3 Å². The molecule has 181 valence electrons. The van der Waals surface area contributed by atoms with Crippen LogP contribution in [0.4, 0.5) is 0 Å². The maximum Gasteiger partial charge on any atom is -1.00 e. The van der Waals surface area contributed by atoms with Crippen LogP contribution in [-0.2, 0) is 31.1 Å². The molecule has 0 saturated carbocycles. The molecule has 2 aliphatic heterocycles. The van der Waals surface area contributed by atoms with Gasteiger partial charge >= 0.3 is 137 Å². The van der Waals surface area contributed by atoms with Gasteiger partial charge in [-0.25, -0.2) is 0 Å². The van der Waals surface area contributed by atoms with Crippen molar-refractivity contribution in [3.8, 4) is 11.1 Å². The Hall–Kier alpha value is -0.700. The first-order valence-corrected chi connectivity index (χ1v) is 17.5. The van der Waals surface area contributed by atoms with Gasteiger partial charge in [0, 0.05) is 15.3 Å². The van der Waals surface area contributed by atoms with Crippen LogP contribution in [0.5, 0.6) is 0 Å². The SMILES string of the molecule is CC1=C2c3sc(C)cc3C1[Si]2(C)C.CCCc1ccc(-c2cccc3c2C=C(C)[CH]3[Zr+2])cc1.[Cl-].[Cl-]. The summed E-state index contributed by atoms with van der Waals surface area (Å²) in [5, 5.41) is 1.78. The summed E-state index contributed by atoms with van der Waals surface area (Å²) in [4.78, 5) is 3.14. The Morgan fingerprint density at radius 1 is 0.943 bits per heavy atom. The average molecular weight is 616 g/mol. The van der Waals surface area contributed by atoms with Crippen LogP contribution in [0.3, 0.4) is 0 Å². The molecule has 0 saturated heterocycles. The quantitative estimate of drug-likeness (QED) is 0.398. The Balaban J connectivity index is 0.000000199. The second kappa shape index (κ2) is 11.0. The van der Waals surface area contributed by atoms with Crippen LogP contribution in [0.25, 0.3) is 22.4 Å². The van der Waals surface area contributed by atoms with Crippen molar-refractivity contribution >= 4 is 30.7 Å². The molecule has 2 bridgehead atoms. The van der Waals surface area contributed by atoms with Crippen LogP contribution in [0, 0.1) is 6.92 Å². The molecule has 5 heteroatoms. The van der Waals surface area contributed by atoms with Crippen molar-refractivity contribution in [2.45, 2.75) is 62.8 Å². The Kier molecular flexibility index (Phi) is 9.04. The molecule has 0 spiro atoms. The molecule has 2 aliphatic carbocycles. The summed E-state index contributed by atoms with van der Waals surface area (Å²) in [6, 6.07) is 18.3. The summed E-state index contributed by atoms with van der Waals surface area (Å²) in [5.41, 5.74) is 12.9. The molecule has 0 radical (unpaired) electrons. The van der Waals surface area contributed by atoms with Crippen molar-refractivity contribution in [2.75, 3.05) is 0 Å². The van der Waals surface area contributed by atoms with Gasteiger partial charge in [0.05, 0.1) is 8.07 Å². The van der Waals surface area contributed by atoms with Gasteiger partial charge in [-0.1, -0.05) is 18.7 Å². The molecule has 0 N–H and O–H groups in total. The summed E-state index contributed by atoms with van der Waals surface area (Å²) in [5.74, 6) is 0. The molecule has 3 heterocycles. The van der Waals surface area contributed by atoms with Gasteiger partial charge in [-0.3, -0.25) is 0 Å². The molecule has 1 aromatic heterocycles. The maximum atomic E-state index is 2.52. The summed E-state index contributed by atoms with van der Waals surface area (Å²) in [6.45, 7) is 14.1. The smallest absolute Gasteiger partial charge is 1.00 e. The maximum absolute atomic E-state index is 2.52. The monoisotopic (exact) mass is 613 g/mol. The van der Waals surface area contributed by atoms with E-state index >= 15 is 0 Å². The number of hydrogen-bond acceptors (Lipinski definition) is 1. The standard InChI is InChI=1S/C19H19.C11H14SSi.2ClH.Zr/c1-3-5-15-8-10-16(11-9-15)18-7-4-6-17-12-14(2)13-19(17)18;1-6-5-8-9(12-6)11-7(2)10(8)13(11,3)4;;;/h4,6-13H,3,5H2,1-2H3;5,10H,1-4H3;2*1H;/q;;;;+2/p-2. The molecule has 3 aromatic rings. The van der Waals surface area contributed by atoms with Gasteiger partial charge in [0.25, 0.3) is 0 Å². The number of benzene rings is 2. The van der Waals surface area contributed by atoms with Crippen molar-refractivity contribution in [2.24, 2.45) is 0 Å². The molecule has 2 atom stereocenters. The van der Waals surface area contributed by atoms with Crippen LogP contribution < -0.4 is 24.8 Å². The van der Waals surface area contributed by atoms with Gasteiger partial charge in [0.1, 0.15) is 0 Å². The summed E-state index contributed by atoms with van der Waals surface area (Å²) < 4.78 is 0.650. The van der Waals surface area contributed by atoms with Crippen LogP contribution >= 0.6 is 11.3 Å². The zero-order valence-corrected chi connectivity index (χ0v) is 27.2. The largest absolute Gasteiger partial charge is 1.00 e. The zero-order valence-electron chi connectivity index (χ0n) is 21.4. The molecule has 4 aliphatic rings. The third-order valence-corrected chi connectivity index (χ3v) is 15.0. The predicted molar refractivity (Wildman–Crippen MR) is 144 cm³/mol. The first kappa shape index (κ1) is 28.9. The fourth-order valence-electron chi connectivity index (χ4n) is 6.24. The Labute approximate surface area is 244 Å². The molecule has 35 heavy (non-hydrogen) atoms. The number of rotatable bonds is 3. The second-order valence-electron chi connectivity index (χ2n) is 10.4. The molecule has 7 rings (SSSR count). The first-order chi connectivity index (χ1) is 15.7. The van der Waals surface area contributed by atoms with Gasteiger partial charge in [-0.05, 0) is 30.7 Å². The number of halogens is 2. The fourth-order valence-corrected chi connectivity index (χ4v) is 13.4. The van der Waals surface area contributed by atoms with Gasteiger partial charge in [0.15, 0.2) is 0 Å². The molecule has 2 unspecified atom stereocenters. The van der Waals surface area contributed by atoms with Gasteiger partial charge in [-0.2, -0.15) is 0 Å². The average Bonchev–Trinajstić information content (AvgIpc) is 3.43. The van der Waals surface area contributed by atoms with E-state index in [-0.39, 0.29) is 24.8 Å². The number of aryl methyl sites for hydroxylation is 2. The predicted octanol–water partition coefficient (Wildman–Crippen LogP) is 3.05. The van der Waals surface area contributed by atoms with Crippen LogP contribution in [0.1, 0.15) is 68.4 Å². The minimum absolute atomic E-state index is 0. The molecule has 0 amide bonds. The number of hydrogen-bond donors (Lipinski definition) is 0. The topological polar surface area (TPSA) is 0 Å². The third kappa shape index (κ3) is 4.82. The summed E-state index contributed by atoms with van der Waals surface area (Å²) in [6.07, 6.45) is 4.76. The fraction of sp³-hybridized carbons (Fsp3) is 0.333. The zero-order chi connectivity index (χ0) is 23.5. The van der Waals surface area contributed by atoms with Crippen molar-refractivity contribution in [1.29, 1.82) is 0 Å². The van der Waals surface area contributed by atoms with Crippen LogP contribution in [0.15, 0.2) is 59.7 Å². The van der Waals surface area contributed by atoms with Gasteiger partial charge < -0.3 is 24.8 Å². The van der Waals surface area contributed by atoms with E-state index in [1.54, 1.807) is 45.9 Å². The van der Waals surface area contributed by atoms with E-state index in [4.69, 9.17) is 0 Å². The van der Waals surface area contributed by atoms with Crippen molar-refractivity contribution in [1.82, 2.24) is 0 Å². The summed E-state index contributed by atoms with van der Waals surface area (Å²) in [7, 11) is -0.995. The summed E-state index contributed by atoms with van der Waals surface area (Å²) >= 11 is 3.60. The van der Waals surface area contributed by atoms with E-state index in [0.717, 1.165) is 5.54 Å².